The van der Waals surface area contributed by atoms with Crippen molar-refractivity contribution in [2.45, 2.75) is 36.4 Å². The third-order valence-electron chi connectivity index (χ3n) is 2.75. The highest BCUT2D eigenvalue weighted by molar-refractivity contribution is 7.99. The van der Waals surface area contributed by atoms with E-state index in [1.54, 1.807) is 12.5 Å². The van der Waals surface area contributed by atoms with Gasteiger partial charge in [0.1, 0.15) is 6.26 Å². The lowest BCUT2D eigenvalue weighted by molar-refractivity contribution is 0.454. The van der Waals surface area contributed by atoms with Crippen LogP contribution in [0.4, 0.5) is 0 Å². The van der Waals surface area contributed by atoms with Gasteiger partial charge in [-0.15, -0.1) is 0 Å². The second-order valence-corrected chi connectivity index (χ2v) is 5.69. The molecule has 19 heavy (non-hydrogen) atoms. The molecule has 1 heterocycles. The van der Waals surface area contributed by atoms with Crippen molar-refractivity contribution in [3.8, 4) is 0 Å². The smallest absolute Gasteiger partial charge is 0.260 e. The number of rotatable bonds is 6. The summed E-state index contributed by atoms with van der Waals surface area (Å²) in [6, 6.07) is 6.31. The quantitative estimate of drug-likeness (QED) is 0.849. The molecule has 2 rings (SSSR count). The number of hydrogen-bond donors (Lipinski definition) is 1. The molecular weight excluding hydrogens is 280 g/mol. The van der Waals surface area contributed by atoms with Gasteiger partial charge in [0, 0.05) is 16.0 Å². The minimum absolute atomic E-state index is 0.258. The Kier molecular flexibility index (Phi) is 5.31. The first-order chi connectivity index (χ1) is 9.20. The van der Waals surface area contributed by atoms with Crippen molar-refractivity contribution in [3.63, 3.8) is 0 Å². The van der Waals surface area contributed by atoms with Crippen LogP contribution in [0.3, 0.4) is 0 Å². The molecule has 1 N–H and O–H groups in total. The van der Waals surface area contributed by atoms with Crippen LogP contribution >= 0.6 is 23.4 Å². The van der Waals surface area contributed by atoms with Crippen LogP contribution < -0.4 is 5.32 Å². The van der Waals surface area contributed by atoms with Crippen LogP contribution in [0.2, 0.25) is 5.02 Å². The van der Waals surface area contributed by atoms with Crippen LogP contribution in [0.5, 0.6) is 0 Å². The fourth-order valence-electron chi connectivity index (χ4n) is 1.75. The molecular formula is C14H17ClN2OS. The van der Waals surface area contributed by atoms with Gasteiger partial charge in [-0.05, 0) is 49.3 Å². The summed E-state index contributed by atoms with van der Waals surface area (Å²) >= 11 is 7.80. The normalized spacial score (nSPS) is 12.6. The van der Waals surface area contributed by atoms with Crippen molar-refractivity contribution in [3.05, 3.63) is 41.2 Å². The summed E-state index contributed by atoms with van der Waals surface area (Å²) in [7, 11) is 0. The van der Waals surface area contributed by atoms with Gasteiger partial charge >= 0.3 is 0 Å². The monoisotopic (exact) mass is 296 g/mol. The summed E-state index contributed by atoms with van der Waals surface area (Å²) in [4.78, 5) is 5.11. The summed E-state index contributed by atoms with van der Waals surface area (Å²) in [6.07, 6.45) is 4.31. The van der Waals surface area contributed by atoms with Gasteiger partial charge in [-0.25, -0.2) is 4.98 Å². The zero-order valence-corrected chi connectivity index (χ0v) is 12.6. The van der Waals surface area contributed by atoms with E-state index in [2.05, 4.69) is 30.2 Å². The first-order valence-corrected chi connectivity index (χ1v) is 7.50. The van der Waals surface area contributed by atoms with Crippen molar-refractivity contribution in [1.29, 1.82) is 0 Å². The molecule has 3 nitrogen and oxygen atoms in total. The van der Waals surface area contributed by atoms with E-state index in [1.807, 2.05) is 12.1 Å². The van der Waals surface area contributed by atoms with Gasteiger partial charge in [0.25, 0.3) is 5.22 Å². The maximum Gasteiger partial charge on any atom is 0.260 e. The maximum absolute atomic E-state index is 6.34. The summed E-state index contributed by atoms with van der Waals surface area (Å²) < 4.78 is 5.20. The summed E-state index contributed by atoms with van der Waals surface area (Å²) in [5, 5.41) is 4.83. The number of hydrogen-bond acceptors (Lipinski definition) is 4. The molecule has 1 aromatic heterocycles. The van der Waals surface area contributed by atoms with E-state index in [0.29, 0.717) is 5.22 Å². The van der Waals surface area contributed by atoms with Crippen LogP contribution in [-0.2, 0) is 0 Å². The van der Waals surface area contributed by atoms with E-state index in [1.165, 1.54) is 11.8 Å². The Bertz CT molecular complexity index is 516. The molecule has 0 aliphatic heterocycles. The van der Waals surface area contributed by atoms with Crippen LogP contribution in [0.25, 0.3) is 0 Å². The van der Waals surface area contributed by atoms with Gasteiger partial charge in [0.2, 0.25) is 0 Å². The summed E-state index contributed by atoms with van der Waals surface area (Å²) in [6.45, 7) is 5.26. The lowest BCUT2D eigenvalue weighted by atomic mass is 10.1. The molecule has 0 fully saturated rings. The molecule has 0 saturated carbocycles. The molecule has 0 amide bonds. The van der Waals surface area contributed by atoms with Crippen molar-refractivity contribution in [1.82, 2.24) is 10.3 Å². The highest BCUT2D eigenvalue weighted by Crippen LogP contribution is 2.31. The minimum Gasteiger partial charge on any atom is -0.440 e. The molecule has 0 aliphatic carbocycles. The molecule has 0 saturated heterocycles. The number of benzene rings is 1. The summed E-state index contributed by atoms with van der Waals surface area (Å²) in [5.41, 5.74) is 1.12. The number of oxazole rings is 1. The van der Waals surface area contributed by atoms with Crippen molar-refractivity contribution < 1.29 is 4.42 Å². The zero-order chi connectivity index (χ0) is 13.7. The van der Waals surface area contributed by atoms with Crippen molar-refractivity contribution in [2.75, 3.05) is 6.54 Å². The molecule has 0 bridgehead atoms. The van der Waals surface area contributed by atoms with Crippen LogP contribution in [0.1, 0.15) is 31.9 Å². The predicted molar refractivity (Wildman–Crippen MR) is 78.8 cm³/mol. The van der Waals surface area contributed by atoms with Crippen LogP contribution in [0.15, 0.2) is 45.2 Å². The van der Waals surface area contributed by atoms with Gasteiger partial charge in [0.15, 0.2) is 0 Å². The Morgan fingerprint density at radius 3 is 2.95 bits per heavy atom. The van der Waals surface area contributed by atoms with E-state index in [-0.39, 0.29) is 6.04 Å². The van der Waals surface area contributed by atoms with E-state index in [0.717, 1.165) is 28.4 Å². The fourth-order valence-corrected chi connectivity index (χ4v) is 2.90. The molecule has 1 atom stereocenters. The SMILES string of the molecule is CCCNC(C)c1ccc(Sc2ncco2)cc1Cl. The Morgan fingerprint density at radius 2 is 2.32 bits per heavy atom. The van der Waals surface area contributed by atoms with Gasteiger partial charge in [0.05, 0.1) is 6.20 Å². The molecule has 0 aliphatic rings. The Labute approximate surface area is 122 Å². The fraction of sp³-hybridized carbons (Fsp3) is 0.357. The highest BCUT2D eigenvalue weighted by atomic mass is 35.5. The lowest BCUT2D eigenvalue weighted by Crippen LogP contribution is -2.19. The minimum atomic E-state index is 0.258. The Morgan fingerprint density at radius 1 is 1.47 bits per heavy atom. The van der Waals surface area contributed by atoms with Crippen molar-refractivity contribution in [2.24, 2.45) is 0 Å². The second kappa shape index (κ2) is 6.98. The summed E-state index contributed by atoms with van der Waals surface area (Å²) in [5.74, 6) is 0. The molecule has 5 heteroatoms. The molecule has 1 unspecified atom stereocenters. The van der Waals surface area contributed by atoms with E-state index in [4.69, 9.17) is 16.0 Å². The Hall–Kier alpha value is -0.970. The van der Waals surface area contributed by atoms with Crippen molar-refractivity contribution >= 4 is 23.4 Å². The number of aromatic nitrogens is 1. The van der Waals surface area contributed by atoms with E-state index < -0.39 is 0 Å². The lowest BCUT2D eigenvalue weighted by Gasteiger charge is -2.15. The highest BCUT2D eigenvalue weighted by Gasteiger charge is 2.10. The Balaban J connectivity index is 2.08. The molecule has 2 aromatic rings. The predicted octanol–water partition coefficient (Wildman–Crippen LogP) is 4.54. The zero-order valence-electron chi connectivity index (χ0n) is 11.0. The molecule has 102 valence electrons. The average molecular weight is 297 g/mol. The first kappa shape index (κ1) is 14.4. The largest absolute Gasteiger partial charge is 0.440 e. The van der Waals surface area contributed by atoms with Gasteiger partial charge in [-0.3, -0.25) is 0 Å². The molecule has 0 radical (unpaired) electrons. The average Bonchev–Trinajstić information content (AvgIpc) is 2.89. The van der Waals surface area contributed by atoms with Crippen LogP contribution in [-0.4, -0.2) is 11.5 Å². The number of nitrogens with one attached hydrogen (secondary N) is 1. The second-order valence-electron chi connectivity index (χ2n) is 4.26. The topological polar surface area (TPSA) is 38.1 Å². The van der Waals surface area contributed by atoms with E-state index in [9.17, 15) is 0 Å². The van der Waals surface area contributed by atoms with Gasteiger partial charge < -0.3 is 9.73 Å². The molecule has 0 spiro atoms. The third-order valence-corrected chi connectivity index (χ3v) is 3.95. The third kappa shape index (κ3) is 4.00. The van der Waals surface area contributed by atoms with Crippen LogP contribution in [0, 0.1) is 0 Å². The maximum atomic E-state index is 6.34. The number of halogens is 1. The van der Waals surface area contributed by atoms with E-state index >= 15 is 0 Å². The molecule has 1 aromatic carbocycles. The van der Waals surface area contributed by atoms with Gasteiger partial charge in [-0.1, -0.05) is 24.6 Å². The van der Waals surface area contributed by atoms with Gasteiger partial charge in [-0.2, -0.15) is 0 Å². The standard InChI is InChI=1S/C14H17ClN2OS/c1-3-6-16-10(2)12-5-4-11(9-13(12)15)19-14-17-7-8-18-14/h4-5,7-10,16H,3,6H2,1-2H3. The number of nitrogens with zero attached hydrogens (tertiary/aromatic N) is 1. The first-order valence-electron chi connectivity index (χ1n) is 6.31.